The van der Waals surface area contributed by atoms with Gasteiger partial charge in [0.15, 0.2) is 0 Å². The number of hydrogen-bond acceptors (Lipinski definition) is 4. The van der Waals surface area contributed by atoms with Gasteiger partial charge < -0.3 is 10.2 Å². The molecule has 154 valence electrons. The van der Waals surface area contributed by atoms with Crippen LogP contribution in [0, 0.1) is 0 Å². The second-order valence-corrected chi connectivity index (χ2v) is 7.85. The fourth-order valence-electron chi connectivity index (χ4n) is 4.15. The zero-order valence-electron chi connectivity index (χ0n) is 17.4. The van der Waals surface area contributed by atoms with Gasteiger partial charge in [-0.15, -0.1) is 0 Å². The third-order valence-electron chi connectivity index (χ3n) is 5.91. The van der Waals surface area contributed by atoms with E-state index in [0.717, 1.165) is 70.6 Å². The maximum absolute atomic E-state index is 12.6. The molecule has 2 fully saturated rings. The van der Waals surface area contributed by atoms with Gasteiger partial charge in [0.05, 0.1) is 13.1 Å². The highest BCUT2D eigenvalue weighted by Gasteiger charge is 2.24. The minimum absolute atomic E-state index is 0.0530. The Kier molecular flexibility index (Phi) is 7.45. The first kappa shape index (κ1) is 20.8. The van der Waals surface area contributed by atoms with Crippen molar-refractivity contribution in [3.05, 3.63) is 29.3 Å². The number of likely N-dealkylation sites (tertiary alicyclic amines) is 1. The van der Waals surface area contributed by atoms with E-state index in [0.29, 0.717) is 13.1 Å². The smallest absolute Gasteiger partial charge is 0.238 e. The lowest BCUT2D eigenvalue weighted by molar-refractivity contribution is -0.132. The van der Waals surface area contributed by atoms with Gasteiger partial charge in [-0.25, -0.2) is 0 Å². The predicted molar refractivity (Wildman–Crippen MR) is 113 cm³/mol. The van der Waals surface area contributed by atoms with Crippen LogP contribution >= 0.6 is 0 Å². The molecule has 0 aromatic heterocycles. The van der Waals surface area contributed by atoms with Crippen LogP contribution in [0.3, 0.4) is 0 Å². The minimum atomic E-state index is 0.0530. The molecule has 0 radical (unpaired) electrons. The molecule has 1 aromatic rings. The molecule has 1 aromatic carbocycles. The van der Waals surface area contributed by atoms with Crippen LogP contribution in [0.4, 0.5) is 5.69 Å². The number of carbonyl (C=O) groups excluding carboxylic acids is 2. The summed E-state index contributed by atoms with van der Waals surface area (Å²) in [6, 6.07) is 6.24. The summed E-state index contributed by atoms with van der Waals surface area (Å²) < 4.78 is 0. The number of anilines is 1. The summed E-state index contributed by atoms with van der Waals surface area (Å²) in [6.07, 6.45) is 4.09. The van der Waals surface area contributed by atoms with Gasteiger partial charge in [-0.3, -0.25) is 19.4 Å². The van der Waals surface area contributed by atoms with Crippen LogP contribution in [0.25, 0.3) is 0 Å². The lowest BCUT2D eigenvalue weighted by atomic mass is 10.0. The van der Waals surface area contributed by atoms with E-state index in [1.54, 1.807) is 0 Å². The van der Waals surface area contributed by atoms with Gasteiger partial charge in [0.2, 0.25) is 11.8 Å². The van der Waals surface area contributed by atoms with Crippen molar-refractivity contribution >= 4 is 17.5 Å². The Balaban J connectivity index is 1.46. The molecule has 2 aliphatic heterocycles. The fourth-order valence-corrected chi connectivity index (χ4v) is 4.15. The molecule has 28 heavy (non-hydrogen) atoms. The molecular formula is C22H34N4O2. The molecule has 2 heterocycles. The van der Waals surface area contributed by atoms with Crippen LogP contribution in [-0.2, 0) is 22.4 Å². The number of aryl methyl sites for hydroxylation is 2. The first-order chi connectivity index (χ1) is 13.6. The van der Waals surface area contributed by atoms with Gasteiger partial charge >= 0.3 is 0 Å². The number of benzene rings is 1. The summed E-state index contributed by atoms with van der Waals surface area (Å²) in [4.78, 5) is 31.3. The molecule has 2 aliphatic rings. The number of nitrogens with zero attached hydrogens (tertiary/aromatic N) is 3. The molecular weight excluding hydrogens is 352 g/mol. The molecule has 3 rings (SSSR count). The second kappa shape index (κ2) is 10.0. The maximum atomic E-state index is 12.6. The van der Waals surface area contributed by atoms with Gasteiger partial charge in [0.25, 0.3) is 0 Å². The molecule has 6 nitrogen and oxygen atoms in total. The molecule has 0 aliphatic carbocycles. The van der Waals surface area contributed by atoms with Crippen molar-refractivity contribution < 1.29 is 9.59 Å². The van der Waals surface area contributed by atoms with E-state index in [1.807, 2.05) is 4.90 Å². The highest BCUT2D eigenvalue weighted by atomic mass is 16.2. The van der Waals surface area contributed by atoms with Crippen LogP contribution in [0.2, 0.25) is 0 Å². The van der Waals surface area contributed by atoms with Gasteiger partial charge in [-0.2, -0.15) is 0 Å². The van der Waals surface area contributed by atoms with E-state index in [9.17, 15) is 9.59 Å². The van der Waals surface area contributed by atoms with Crippen LogP contribution in [0.15, 0.2) is 18.2 Å². The van der Waals surface area contributed by atoms with E-state index in [1.165, 1.54) is 11.1 Å². The standard InChI is InChI=1S/C22H34N4O2/c1-3-18-8-7-9-19(4-2)22(18)23-20(27)16-24-12-14-25(15-13-24)17-21(28)26-10-5-6-11-26/h7-9H,3-6,10-17H2,1-2H3,(H,23,27). The van der Waals surface area contributed by atoms with Gasteiger partial charge in [0, 0.05) is 45.0 Å². The molecule has 0 bridgehead atoms. The Hall–Kier alpha value is -1.92. The quantitative estimate of drug-likeness (QED) is 0.779. The lowest BCUT2D eigenvalue weighted by Crippen LogP contribution is -2.51. The van der Waals surface area contributed by atoms with E-state index < -0.39 is 0 Å². The summed E-state index contributed by atoms with van der Waals surface area (Å²) in [6.45, 7) is 10.3. The maximum Gasteiger partial charge on any atom is 0.238 e. The van der Waals surface area contributed by atoms with Crippen molar-refractivity contribution in [2.24, 2.45) is 0 Å². The Morgan fingerprint density at radius 2 is 1.39 bits per heavy atom. The minimum Gasteiger partial charge on any atom is -0.342 e. The van der Waals surface area contributed by atoms with Crippen LogP contribution in [-0.4, -0.2) is 78.9 Å². The Morgan fingerprint density at radius 3 is 1.93 bits per heavy atom. The number of hydrogen-bond donors (Lipinski definition) is 1. The summed E-state index contributed by atoms with van der Waals surface area (Å²) in [5, 5.41) is 3.15. The number of piperazine rings is 1. The van der Waals surface area contributed by atoms with Crippen LogP contribution in [0.5, 0.6) is 0 Å². The summed E-state index contributed by atoms with van der Waals surface area (Å²) >= 11 is 0. The first-order valence-corrected chi connectivity index (χ1v) is 10.7. The van der Waals surface area contributed by atoms with Crippen LogP contribution < -0.4 is 5.32 Å². The number of para-hydroxylation sites is 1. The molecule has 2 saturated heterocycles. The molecule has 1 N–H and O–H groups in total. The van der Waals surface area contributed by atoms with E-state index >= 15 is 0 Å². The fraction of sp³-hybridized carbons (Fsp3) is 0.636. The number of amides is 2. The molecule has 6 heteroatoms. The summed E-state index contributed by atoms with van der Waals surface area (Å²) in [5.41, 5.74) is 3.38. The third kappa shape index (κ3) is 5.32. The Labute approximate surface area is 168 Å². The molecule has 0 saturated carbocycles. The summed E-state index contributed by atoms with van der Waals surface area (Å²) in [5.74, 6) is 0.309. The van der Waals surface area contributed by atoms with Gasteiger partial charge in [0.1, 0.15) is 0 Å². The van der Waals surface area contributed by atoms with E-state index in [4.69, 9.17) is 0 Å². The zero-order valence-corrected chi connectivity index (χ0v) is 17.4. The molecule has 0 spiro atoms. The van der Waals surface area contributed by atoms with Crippen LogP contribution in [0.1, 0.15) is 37.8 Å². The second-order valence-electron chi connectivity index (χ2n) is 7.85. The predicted octanol–water partition coefficient (Wildman–Crippen LogP) is 1.99. The number of carbonyl (C=O) groups is 2. The van der Waals surface area contributed by atoms with Crippen molar-refractivity contribution in [2.45, 2.75) is 39.5 Å². The lowest BCUT2D eigenvalue weighted by Gasteiger charge is -2.34. The molecule has 0 atom stereocenters. The van der Waals surface area contributed by atoms with Crippen molar-refractivity contribution in [3.63, 3.8) is 0 Å². The normalized spacial score (nSPS) is 18.4. The number of nitrogens with one attached hydrogen (secondary N) is 1. The highest BCUT2D eigenvalue weighted by Crippen LogP contribution is 2.22. The molecule has 0 unspecified atom stereocenters. The zero-order chi connectivity index (χ0) is 19.9. The van der Waals surface area contributed by atoms with Crippen molar-refractivity contribution in [2.75, 3.05) is 57.7 Å². The van der Waals surface area contributed by atoms with Gasteiger partial charge in [-0.05, 0) is 36.8 Å². The topological polar surface area (TPSA) is 55.9 Å². The number of rotatable bonds is 7. The SMILES string of the molecule is CCc1cccc(CC)c1NC(=O)CN1CCN(CC(=O)N2CCCC2)CC1. The largest absolute Gasteiger partial charge is 0.342 e. The third-order valence-corrected chi connectivity index (χ3v) is 5.91. The average molecular weight is 387 g/mol. The summed E-state index contributed by atoms with van der Waals surface area (Å²) in [7, 11) is 0. The Bertz CT molecular complexity index is 655. The first-order valence-electron chi connectivity index (χ1n) is 10.7. The monoisotopic (exact) mass is 386 g/mol. The van der Waals surface area contributed by atoms with Crippen molar-refractivity contribution in [1.82, 2.24) is 14.7 Å². The average Bonchev–Trinajstić information content (AvgIpc) is 3.24. The van der Waals surface area contributed by atoms with Crippen molar-refractivity contribution in [1.29, 1.82) is 0 Å². The van der Waals surface area contributed by atoms with Crippen molar-refractivity contribution in [3.8, 4) is 0 Å². The highest BCUT2D eigenvalue weighted by molar-refractivity contribution is 5.93. The Morgan fingerprint density at radius 1 is 0.857 bits per heavy atom. The van der Waals surface area contributed by atoms with E-state index in [2.05, 4.69) is 47.2 Å². The molecule has 2 amide bonds. The van der Waals surface area contributed by atoms with Gasteiger partial charge in [-0.1, -0.05) is 32.0 Å². The van der Waals surface area contributed by atoms with E-state index in [-0.39, 0.29) is 11.8 Å².